The van der Waals surface area contributed by atoms with Crippen LogP contribution >= 0.6 is 0 Å². The van der Waals surface area contributed by atoms with Gasteiger partial charge in [-0.25, -0.2) is 0 Å². The molecule has 3 heteroatoms. The van der Waals surface area contributed by atoms with Crippen LogP contribution in [0.25, 0.3) is 76.9 Å². The topological polar surface area (TPSA) is 19.6 Å². The highest BCUT2D eigenvalue weighted by molar-refractivity contribution is 6.14. The zero-order valence-corrected chi connectivity index (χ0v) is 44.9. The molecule has 0 amide bonds. The molecule has 0 aliphatic heterocycles. The third kappa shape index (κ3) is 9.11. The molecule has 3 nitrogen and oxygen atoms in total. The third-order valence-electron chi connectivity index (χ3n) is 15.3. The maximum atomic E-state index is 6.92. The van der Waals surface area contributed by atoms with Gasteiger partial charge in [0.05, 0.1) is 17.1 Å². The molecule has 76 heavy (non-hydrogen) atoms. The van der Waals surface area contributed by atoms with Crippen LogP contribution in [0.1, 0.15) is 78.0 Å². The SMILES string of the molecule is CC(C)c1ccc(-c2ccccc2N(c2ccc3cc4c(cc3c2)oc2cc3cc(N(c5ccc(C(C)(C)C)cc5)c5ccccc5-c5ccc(C(C)(C)C)cc5)ccc3cc24)c2ccccc2-c2ccccc2)cc1. The summed E-state index contributed by atoms with van der Waals surface area (Å²) in [5.74, 6) is 0.455. The van der Waals surface area contributed by atoms with Gasteiger partial charge in [-0.15, -0.1) is 0 Å². The van der Waals surface area contributed by atoms with Crippen molar-refractivity contribution in [2.45, 2.75) is 72.1 Å². The van der Waals surface area contributed by atoms with Gasteiger partial charge in [-0.2, -0.15) is 0 Å². The van der Waals surface area contributed by atoms with Crippen molar-refractivity contribution in [2.75, 3.05) is 9.80 Å². The van der Waals surface area contributed by atoms with Gasteiger partial charge >= 0.3 is 0 Å². The van der Waals surface area contributed by atoms with Gasteiger partial charge in [0.1, 0.15) is 11.2 Å². The summed E-state index contributed by atoms with van der Waals surface area (Å²) in [5, 5.41) is 6.75. The first kappa shape index (κ1) is 48.3. The zero-order chi connectivity index (χ0) is 52.3. The van der Waals surface area contributed by atoms with Crippen LogP contribution in [0.3, 0.4) is 0 Å². The van der Waals surface area contributed by atoms with E-state index in [0.29, 0.717) is 5.92 Å². The van der Waals surface area contributed by atoms with Gasteiger partial charge in [0.2, 0.25) is 0 Å². The number of anilines is 6. The van der Waals surface area contributed by atoms with Gasteiger partial charge in [-0.3, -0.25) is 0 Å². The van der Waals surface area contributed by atoms with Crippen LogP contribution in [0.2, 0.25) is 0 Å². The van der Waals surface area contributed by atoms with Crippen LogP contribution in [0, 0.1) is 0 Å². The molecule has 372 valence electrons. The van der Waals surface area contributed by atoms with Crippen molar-refractivity contribution in [1.82, 2.24) is 0 Å². The highest BCUT2D eigenvalue weighted by Crippen LogP contribution is 2.47. The van der Waals surface area contributed by atoms with Crippen molar-refractivity contribution in [3.8, 4) is 33.4 Å². The van der Waals surface area contributed by atoms with Gasteiger partial charge in [0.25, 0.3) is 0 Å². The summed E-state index contributed by atoms with van der Waals surface area (Å²) in [6.07, 6.45) is 0. The number of nitrogens with zero attached hydrogens (tertiary/aromatic N) is 2. The van der Waals surface area contributed by atoms with E-state index in [9.17, 15) is 0 Å². The molecular formula is C73H64N2O. The summed E-state index contributed by atoms with van der Waals surface area (Å²) in [6.45, 7) is 18.1. The monoisotopic (exact) mass is 985 g/mol. The number of fused-ring (bicyclic) bond motifs is 5. The van der Waals surface area contributed by atoms with E-state index in [4.69, 9.17) is 4.42 Å². The molecule has 12 aromatic rings. The smallest absolute Gasteiger partial charge is 0.136 e. The Morgan fingerprint density at radius 3 is 1.17 bits per heavy atom. The number of rotatable bonds is 10. The van der Waals surface area contributed by atoms with E-state index in [-0.39, 0.29) is 10.8 Å². The molecule has 12 rings (SSSR count). The summed E-state index contributed by atoms with van der Waals surface area (Å²) in [7, 11) is 0. The first-order valence-corrected chi connectivity index (χ1v) is 26.8. The molecule has 0 atom stereocenters. The lowest BCUT2D eigenvalue weighted by molar-refractivity contribution is 0.590. The van der Waals surface area contributed by atoms with Gasteiger partial charge in [-0.1, -0.05) is 213 Å². The van der Waals surface area contributed by atoms with Crippen molar-refractivity contribution < 1.29 is 4.42 Å². The van der Waals surface area contributed by atoms with Crippen LogP contribution < -0.4 is 9.80 Å². The Morgan fingerprint density at radius 1 is 0.329 bits per heavy atom. The predicted molar refractivity (Wildman–Crippen MR) is 326 cm³/mol. The molecule has 0 aliphatic rings. The van der Waals surface area contributed by atoms with Crippen molar-refractivity contribution in [1.29, 1.82) is 0 Å². The fourth-order valence-electron chi connectivity index (χ4n) is 11.0. The van der Waals surface area contributed by atoms with Crippen LogP contribution in [-0.4, -0.2) is 0 Å². The average molecular weight is 985 g/mol. The van der Waals surface area contributed by atoms with E-state index in [1.54, 1.807) is 0 Å². The second kappa shape index (κ2) is 19.2. The van der Waals surface area contributed by atoms with E-state index in [1.807, 2.05) is 0 Å². The van der Waals surface area contributed by atoms with E-state index in [2.05, 4.69) is 302 Å². The minimum atomic E-state index is 0.0349. The Morgan fingerprint density at radius 2 is 0.711 bits per heavy atom. The molecule has 1 heterocycles. The molecule has 0 spiro atoms. The standard InChI is InChI=1S/C73H64N2O/c1-48(2)49-26-28-51(29-27-49)64-22-14-17-25-69(64)75(68-24-16-13-20-62(68)50-18-10-9-11-19-50)61-39-33-54-45-66-65-44-53-32-38-60(42-55(53)46-70(65)76-71(66)47-56(54)43-61)74(59-40-36-58(37-41-59)73(6,7)8)67-23-15-12-21-63(67)52-30-34-57(35-31-52)72(3,4)5/h9-48H,1-8H3. The predicted octanol–water partition coefficient (Wildman–Crippen LogP) is 21.6. The Bertz CT molecular complexity index is 4080. The van der Waals surface area contributed by atoms with E-state index in [0.717, 1.165) is 83.2 Å². The van der Waals surface area contributed by atoms with Crippen LogP contribution in [0.4, 0.5) is 34.1 Å². The van der Waals surface area contributed by atoms with Gasteiger partial charge in [0, 0.05) is 44.5 Å². The number of para-hydroxylation sites is 3. The summed E-state index contributed by atoms with van der Waals surface area (Å²) in [4.78, 5) is 4.85. The number of hydrogen-bond acceptors (Lipinski definition) is 3. The molecule has 0 fully saturated rings. The second-order valence-electron chi connectivity index (χ2n) is 22.9. The zero-order valence-electron chi connectivity index (χ0n) is 44.9. The highest BCUT2D eigenvalue weighted by Gasteiger charge is 2.24. The van der Waals surface area contributed by atoms with Crippen LogP contribution in [0.15, 0.2) is 241 Å². The molecule has 11 aromatic carbocycles. The van der Waals surface area contributed by atoms with E-state index < -0.39 is 0 Å². The molecule has 0 N–H and O–H groups in total. The Kier molecular flexibility index (Phi) is 12.2. The average Bonchev–Trinajstić information content (AvgIpc) is 3.88. The summed E-state index contributed by atoms with van der Waals surface area (Å²) >= 11 is 0. The lowest BCUT2D eigenvalue weighted by Gasteiger charge is -2.30. The third-order valence-corrected chi connectivity index (χ3v) is 15.3. The molecule has 0 bridgehead atoms. The minimum Gasteiger partial charge on any atom is -0.456 e. The maximum absolute atomic E-state index is 6.92. The van der Waals surface area contributed by atoms with Gasteiger partial charge in [-0.05, 0) is 151 Å². The number of hydrogen-bond donors (Lipinski definition) is 0. The van der Waals surface area contributed by atoms with Crippen LogP contribution in [-0.2, 0) is 10.8 Å². The Labute approximate surface area is 448 Å². The first-order valence-electron chi connectivity index (χ1n) is 26.8. The van der Waals surface area contributed by atoms with E-state index >= 15 is 0 Å². The van der Waals surface area contributed by atoms with Crippen molar-refractivity contribution in [3.05, 3.63) is 253 Å². The van der Waals surface area contributed by atoms with Gasteiger partial charge < -0.3 is 14.2 Å². The summed E-state index contributed by atoms with van der Waals surface area (Å²) < 4.78 is 6.92. The molecule has 0 radical (unpaired) electrons. The highest BCUT2D eigenvalue weighted by atomic mass is 16.3. The fraction of sp³-hybridized carbons (Fsp3) is 0.151. The first-order chi connectivity index (χ1) is 36.7. The quantitative estimate of drug-likeness (QED) is 0.136. The normalized spacial score (nSPS) is 12.1. The number of benzene rings is 11. The van der Waals surface area contributed by atoms with Crippen molar-refractivity contribution in [2.24, 2.45) is 0 Å². The minimum absolute atomic E-state index is 0.0349. The molecule has 1 aromatic heterocycles. The summed E-state index contributed by atoms with van der Waals surface area (Å²) in [6, 6.07) is 87.2. The molecule has 0 aliphatic carbocycles. The lowest BCUT2D eigenvalue weighted by atomic mass is 9.86. The Balaban J connectivity index is 0.975. The van der Waals surface area contributed by atoms with E-state index in [1.165, 1.54) is 44.5 Å². The maximum Gasteiger partial charge on any atom is 0.136 e. The molecular weight excluding hydrogens is 921 g/mol. The largest absolute Gasteiger partial charge is 0.456 e. The van der Waals surface area contributed by atoms with Crippen LogP contribution in [0.5, 0.6) is 0 Å². The van der Waals surface area contributed by atoms with Crippen molar-refractivity contribution in [3.63, 3.8) is 0 Å². The number of furan rings is 1. The Hall–Kier alpha value is -8.66. The fourth-order valence-corrected chi connectivity index (χ4v) is 11.0. The molecule has 0 unspecified atom stereocenters. The molecule has 0 saturated carbocycles. The molecule has 0 saturated heterocycles. The second-order valence-corrected chi connectivity index (χ2v) is 22.9. The summed E-state index contributed by atoms with van der Waals surface area (Å²) in [5.41, 5.74) is 19.4. The van der Waals surface area contributed by atoms with Crippen molar-refractivity contribution >= 4 is 77.6 Å². The lowest BCUT2D eigenvalue weighted by Crippen LogP contribution is -2.14. The van der Waals surface area contributed by atoms with Gasteiger partial charge in [0.15, 0.2) is 0 Å².